The zero-order chi connectivity index (χ0) is 13.7. The van der Waals surface area contributed by atoms with E-state index in [9.17, 15) is 14.9 Å². The number of carboxylic acid groups (broad SMARTS) is 1. The molecule has 1 aromatic rings. The van der Waals surface area contributed by atoms with Crippen LogP contribution in [0.15, 0.2) is 29.8 Å². The highest BCUT2D eigenvalue weighted by molar-refractivity contribution is 6.30. The van der Waals surface area contributed by atoms with E-state index in [2.05, 4.69) is 0 Å². The molecule has 6 nitrogen and oxygen atoms in total. The van der Waals surface area contributed by atoms with Gasteiger partial charge in [0.25, 0.3) is 0 Å². The predicted molar refractivity (Wildman–Crippen MR) is 65.0 cm³/mol. The number of carbonyl (C=O) groups is 1. The van der Waals surface area contributed by atoms with Crippen LogP contribution < -0.4 is 4.74 Å². The third kappa shape index (κ3) is 3.74. The largest absolute Gasteiger partial charge is 0.483 e. The first kappa shape index (κ1) is 14.0. The summed E-state index contributed by atoms with van der Waals surface area (Å²) in [6.07, 6.45) is 1.31. The molecule has 0 aliphatic carbocycles. The van der Waals surface area contributed by atoms with E-state index in [1.807, 2.05) is 0 Å². The summed E-state index contributed by atoms with van der Waals surface area (Å²) in [5, 5.41) is 19.6. The van der Waals surface area contributed by atoms with Crippen molar-refractivity contribution in [1.29, 1.82) is 0 Å². The standard InChI is InChI=1S/C11H10ClNO5/c1-7(11(14)15)4-5-18-10-6-8(12)2-3-9(10)13(16)17/h2-4,6H,5H2,1H3,(H,14,15). The zero-order valence-electron chi connectivity index (χ0n) is 9.42. The number of nitro benzene ring substituents is 1. The molecule has 0 fully saturated rings. The van der Waals surface area contributed by atoms with Gasteiger partial charge in [0.2, 0.25) is 0 Å². The number of benzene rings is 1. The molecule has 0 saturated carbocycles. The Morgan fingerprint density at radius 1 is 1.61 bits per heavy atom. The lowest BCUT2D eigenvalue weighted by Gasteiger charge is -2.04. The highest BCUT2D eigenvalue weighted by atomic mass is 35.5. The topological polar surface area (TPSA) is 89.7 Å². The van der Waals surface area contributed by atoms with Crippen molar-refractivity contribution in [3.63, 3.8) is 0 Å². The summed E-state index contributed by atoms with van der Waals surface area (Å²) in [4.78, 5) is 20.6. The fourth-order valence-corrected chi connectivity index (χ4v) is 1.26. The second-order valence-corrected chi connectivity index (χ2v) is 3.81. The molecular formula is C11H10ClNO5. The van der Waals surface area contributed by atoms with Gasteiger partial charge in [-0.1, -0.05) is 11.6 Å². The summed E-state index contributed by atoms with van der Waals surface area (Å²) in [6.45, 7) is 1.32. The van der Waals surface area contributed by atoms with Crippen LogP contribution in [0.4, 0.5) is 5.69 Å². The second kappa shape index (κ2) is 6.02. The minimum Gasteiger partial charge on any atom is -0.483 e. The van der Waals surface area contributed by atoms with Gasteiger partial charge < -0.3 is 9.84 Å². The molecule has 7 heteroatoms. The average molecular weight is 272 g/mol. The van der Waals surface area contributed by atoms with Crippen LogP contribution in [0.25, 0.3) is 0 Å². The molecule has 1 N–H and O–H groups in total. The normalized spacial score (nSPS) is 11.1. The van der Waals surface area contributed by atoms with Gasteiger partial charge in [0.05, 0.1) is 4.92 Å². The van der Waals surface area contributed by atoms with Crippen molar-refractivity contribution < 1.29 is 19.6 Å². The van der Waals surface area contributed by atoms with Gasteiger partial charge in [0.1, 0.15) is 6.61 Å². The third-order valence-corrected chi connectivity index (χ3v) is 2.32. The lowest BCUT2D eigenvalue weighted by molar-refractivity contribution is -0.385. The first-order valence-electron chi connectivity index (χ1n) is 4.88. The van der Waals surface area contributed by atoms with E-state index >= 15 is 0 Å². The molecule has 0 amide bonds. The van der Waals surface area contributed by atoms with Crippen LogP contribution in [-0.2, 0) is 4.79 Å². The summed E-state index contributed by atoms with van der Waals surface area (Å²) in [6, 6.07) is 3.92. The predicted octanol–water partition coefficient (Wildman–Crippen LogP) is 2.66. The van der Waals surface area contributed by atoms with Gasteiger partial charge in [0, 0.05) is 22.7 Å². The van der Waals surface area contributed by atoms with Crippen LogP contribution in [0, 0.1) is 10.1 Å². The molecule has 96 valence electrons. The minimum absolute atomic E-state index is 0.00180. The number of ether oxygens (including phenoxy) is 1. The quantitative estimate of drug-likeness (QED) is 0.505. The summed E-state index contributed by atoms with van der Waals surface area (Å²) < 4.78 is 5.13. The number of hydrogen-bond acceptors (Lipinski definition) is 4. The number of nitro groups is 1. The fourth-order valence-electron chi connectivity index (χ4n) is 1.10. The Balaban J connectivity index is 2.84. The molecule has 0 unspecified atom stereocenters. The first-order valence-corrected chi connectivity index (χ1v) is 5.26. The molecule has 1 rings (SSSR count). The Hall–Kier alpha value is -2.08. The molecule has 0 heterocycles. The maximum atomic E-state index is 10.7. The number of rotatable bonds is 5. The molecule has 0 aromatic heterocycles. The molecule has 18 heavy (non-hydrogen) atoms. The van der Waals surface area contributed by atoms with E-state index in [4.69, 9.17) is 21.4 Å². The number of nitrogens with zero attached hydrogens (tertiary/aromatic N) is 1. The van der Waals surface area contributed by atoms with Gasteiger partial charge in [0.15, 0.2) is 5.75 Å². The lowest BCUT2D eigenvalue weighted by Crippen LogP contribution is -2.02. The van der Waals surface area contributed by atoms with Crippen LogP contribution >= 0.6 is 11.6 Å². The summed E-state index contributed by atoms with van der Waals surface area (Å²) in [5.41, 5.74) is -0.125. The van der Waals surface area contributed by atoms with Crippen LogP contribution in [0.5, 0.6) is 5.75 Å². The van der Waals surface area contributed by atoms with Gasteiger partial charge in [-0.15, -0.1) is 0 Å². The Labute approximate surface area is 108 Å². The Morgan fingerprint density at radius 2 is 2.28 bits per heavy atom. The minimum atomic E-state index is -1.07. The third-order valence-electron chi connectivity index (χ3n) is 2.08. The van der Waals surface area contributed by atoms with E-state index in [0.29, 0.717) is 5.02 Å². The van der Waals surface area contributed by atoms with Crippen LogP contribution in [-0.4, -0.2) is 22.6 Å². The molecule has 0 atom stereocenters. The average Bonchev–Trinajstić information content (AvgIpc) is 2.28. The monoisotopic (exact) mass is 271 g/mol. The molecule has 0 saturated heterocycles. The number of carboxylic acids is 1. The SMILES string of the molecule is CC(=CCOc1cc(Cl)ccc1[N+](=O)[O-])C(=O)O. The van der Waals surface area contributed by atoms with E-state index < -0.39 is 10.9 Å². The molecule has 0 aliphatic rings. The van der Waals surface area contributed by atoms with Gasteiger partial charge in [-0.2, -0.15) is 0 Å². The summed E-state index contributed by atoms with van der Waals surface area (Å²) >= 11 is 5.70. The zero-order valence-corrected chi connectivity index (χ0v) is 10.2. The molecule has 0 aliphatic heterocycles. The van der Waals surface area contributed by atoms with Crippen molar-refractivity contribution >= 4 is 23.3 Å². The fraction of sp³-hybridized carbons (Fsp3) is 0.182. The maximum Gasteiger partial charge on any atom is 0.331 e. The van der Waals surface area contributed by atoms with E-state index in [-0.39, 0.29) is 23.6 Å². The van der Waals surface area contributed by atoms with Gasteiger partial charge in [-0.05, 0) is 19.1 Å². The van der Waals surface area contributed by atoms with Gasteiger partial charge >= 0.3 is 11.7 Å². The Kier molecular flexibility index (Phi) is 4.67. The second-order valence-electron chi connectivity index (χ2n) is 3.37. The van der Waals surface area contributed by atoms with Crippen molar-refractivity contribution in [2.24, 2.45) is 0 Å². The van der Waals surface area contributed by atoms with E-state index in [1.165, 1.54) is 31.2 Å². The number of hydrogen-bond donors (Lipinski definition) is 1. The Bertz CT molecular complexity index is 512. The van der Waals surface area contributed by atoms with Crippen molar-refractivity contribution in [2.75, 3.05) is 6.61 Å². The highest BCUT2D eigenvalue weighted by Gasteiger charge is 2.14. The molecule has 0 radical (unpaired) electrons. The lowest BCUT2D eigenvalue weighted by atomic mass is 10.3. The van der Waals surface area contributed by atoms with E-state index in [0.717, 1.165) is 0 Å². The van der Waals surface area contributed by atoms with Crippen LogP contribution in [0.2, 0.25) is 5.02 Å². The molecule has 0 bridgehead atoms. The van der Waals surface area contributed by atoms with Crippen LogP contribution in [0.1, 0.15) is 6.92 Å². The van der Waals surface area contributed by atoms with E-state index in [1.54, 1.807) is 0 Å². The summed E-state index contributed by atoms with van der Waals surface area (Å²) in [5.74, 6) is -1.07. The molecular weight excluding hydrogens is 262 g/mol. The maximum absolute atomic E-state index is 10.7. The van der Waals surface area contributed by atoms with Crippen molar-refractivity contribution in [3.05, 3.63) is 45.0 Å². The van der Waals surface area contributed by atoms with Crippen molar-refractivity contribution in [3.8, 4) is 5.75 Å². The van der Waals surface area contributed by atoms with Gasteiger partial charge in [-0.3, -0.25) is 10.1 Å². The van der Waals surface area contributed by atoms with Gasteiger partial charge in [-0.25, -0.2) is 4.79 Å². The van der Waals surface area contributed by atoms with Crippen molar-refractivity contribution in [1.82, 2.24) is 0 Å². The van der Waals surface area contributed by atoms with Crippen molar-refractivity contribution in [2.45, 2.75) is 6.92 Å². The smallest absolute Gasteiger partial charge is 0.331 e. The highest BCUT2D eigenvalue weighted by Crippen LogP contribution is 2.29. The summed E-state index contributed by atoms with van der Waals surface area (Å²) in [7, 11) is 0. The first-order chi connectivity index (χ1) is 8.41. The van der Waals surface area contributed by atoms with Crippen LogP contribution in [0.3, 0.4) is 0 Å². The molecule has 0 spiro atoms. The molecule has 1 aromatic carbocycles. The Morgan fingerprint density at radius 3 is 2.83 bits per heavy atom. The number of halogens is 1. The number of aliphatic carboxylic acids is 1.